The van der Waals surface area contributed by atoms with Crippen LogP contribution in [0.15, 0.2) is 35.7 Å². The third-order valence-corrected chi connectivity index (χ3v) is 7.39. The van der Waals surface area contributed by atoms with Gasteiger partial charge in [0, 0.05) is 31.6 Å². The van der Waals surface area contributed by atoms with E-state index in [0.717, 1.165) is 29.1 Å². The fourth-order valence-corrected chi connectivity index (χ4v) is 5.38. The van der Waals surface area contributed by atoms with Gasteiger partial charge in [-0.2, -0.15) is 4.31 Å². The largest absolute Gasteiger partial charge is 0.335 e. The van der Waals surface area contributed by atoms with Gasteiger partial charge in [0.1, 0.15) is 4.88 Å². The minimum Gasteiger partial charge on any atom is -0.335 e. The van der Waals surface area contributed by atoms with E-state index in [2.05, 4.69) is 11.9 Å². The maximum Gasteiger partial charge on any atom is 0.265 e. The molecule has 1 aliphatic rings. The molecule has 6 nitrogen and oxygen atoms in total. The van der Waals surface area contributed by atoms with Crippen LogP contribution in [0, 0.1) is 6.92 Å². The first-order valence-electron chi connectivity index (χ1n) is 9.39. The monoisotopic (exact) mass is 419 g/mol. The van der Waals surface area contributed by atoms with Crippen molar-refractivity contribution in [2.75, 3.05) is 26.2 Å². The molecular formula is C20H25N3O3S2. The molecule has 0 atom stereocenters. The number of carbonyl (C=O) groups excluding carboxylic acids is 1. The summed E-state index contributed by atoms with van der Waals surface area (Å²) in [7, 11) is -3.50. The average Bonchev–Trinajstić information content (AvgIpc) is 3.07. The molecule has 0 spiro atoms. The van der Waals surface area contributed by atoms with Gasteiger partial charge in [0.2, 0.25) is 10.0 Å². The van der Waals surface area contributed by atoms with Gasteiger partial charge in [0.25, 0.3) is 5.91 Å². The lowest BCUT2D eigenvalue weighted by molar-refractivity contribution is 0.0702. The van der Waals surface area contributed by atoms with Crippen molar-refractivity contribution >= 4 is 33.3 Å². The molecule has 0 radical (unpaired) electrons. The van der Waals surface area contributed by atoms with E-state index in [1.54, 1.807) is 11.0 Å². The first-order chi connectivity index (χ1) is 13.4. The highest BCUT2D eigenvalue weighted by molar-refractivity contribution is 7.92. The number of hydrogen-bond acceptors (Lipinski definition) is 5. The molecule has 2 aromatic rings. The molecule has 1 saturated heterocycles. The van der Waals surface area contributed by atoms with E-state index < -0.39 is 10.0 Å². The van der Waals surface area contributed by atoms with Gasteiger partial charge < -0.3 is 4.90 Å². The van der Waals surface area contributed by atoms with E-state index in [4.69, 9.17) is 0 Å². The minimum atomic E-state index is -3.50. The van der Waals surface area contributed by atoms with E-state index >= 15 is 0 Å². The maximum absolute atomic E-state index is 12.8. The molecule has 1 aliphatic heterocycles. The second-order valence-electron chi connectivity index (χ2n) is 6.72. The Morgan fingerprint density at radius 3 is 2.50 bits per heavy atom. The van der Waals surface area contributed by atoms with Crippen LogP contribution in [0.1, 0.15) is 39.3 Å². The SMILES string of the molecule is CCCc1nc(C)c(C(=O)N2CCN(S(=O)(=O)/C=C/c3ccccc3)CC2)s1. The summed E-state index contributed by atoms with van der Waals surface area (Å²) < 4.78 is 26.6. The Morgan fingerprint density at radius 2 is 1.86 bits per heavy atom. The number of aromatic nitrogens is 1. The molecule has 0 bridgehead atoms. The summed E-state index contributed by atoms with van der Waals surface area (Å²) in [5, 5.41) is 2.22. The number of sulfonamides is 1. The number of hydrogen-bond donors (Lipinski definition) is 0. The number of amides is 1. The molecule has 3 rings (SSSR count). The Morgan fingerprint density at radius 1 is 1.18 bits per heavy atom. The van der Waals surface area contributed by atoms with Gasteiger partial charge in [0.05, 0.1) is 10.7 Å². The van der Waals surface area contributed by atoms with Gasteiger partial charge >= 0.3 is 0 Å². The third-order valence-electron chi connectivity index (χ3n) is 4.62. The van der Waals surface area contributed by atoms with Crippen molar-refractivity contribution in [1.82, 2.24) is 14.2 Å². The van der Waals surface area contributed by atoms with Crippen LogP contribution in [-0.4, -0.2) is 54.7 Å². The molecule has 0 N–H and O–H groups in total. The summed E-state index contributed by atoms with van der Waals surface area (Å²) in [6.45, 7) is 5.32. The Balaban J connectivity index is 1.62. The molecule has 1 fully saturated rings. The van der Waals surface area contributed by atoms with Crippen LogP contribution in [-0.2, 0) is 16.4 Å². The smallest absolute Gasteiger partial charge is 0.265 e. The Bertz CT molecular complexity index is 944. The highest BCUT2D eigenvalue weighted by Gasteiger charge is 2.29. The number of benzene rings is 1. The van der Waals surface area contributed by atoms with Crippen molar-refractivity contribution in [1.29, 1.82) is 0 Å². The van der Waals surface area contributed by atoms with E-state index in [1.165, 1.54) is 21.1 Å². The van der Waals surface area contributed by atoms with Crippen LogP contribution in [0.3, 0.4) is 0 Å². The van der Waals surface area contributed by atoms with Crippen molar-refractivity contribution in [3.63, 3.8) is 0 Å². The van der Waals surface area contributed by atoms with Crippen molar-refractivity contribution in [3.05, 3.63) is 56.9 Å². The van der Waals surface area contributed by atoms with Crippen LogP contribution in [0.25, 0.3) is 6.08 Å². The van der Waals surface area contributed by atoms with Gasteiger partial charge in [-0.05, 0) is 31.4 Å². The van der Waals surface area contributed by atoms with Crippen LogP contribution >= 0.6 is 11.3 Å². The van der Waals surface area contributed by atoms with Crippen LogP contribution in [0.2, 0.25) is 0 Å². The van der Waals surface area contributed by atoms with Crippen molar-refractivity contribution in [2.24, 2.45) is 0 Å². The van der Waals surface area contributed by atoms with Gasteiger partial charge in [-0.1, -0.05) is 37.3 Å². The zero-order valence-corrected chi connectivity index (χ0v) is 17.8. The summed E-state index contributed by atoms with van der Waals surface area (Å²) in [5.74, 6) is -0.0470. The van der Waals surface area contributed by atoms with Crippen LogP contribution in [0.4, 0.5) is 0 Å². The topological polar surface area (TPSA) is 70.6 Å². The van der Waals surface area contributed by atoms with Crippen molar-refractivity contribution < 1.29 is 13.2 Å². The predicted molar refractivity (Wildman–Crippen MR) is 113 cm³/mol. The van der Waals surface area contributed by atoms with E-state index in [1.807, 2.05) is 37.3 Å². The van der Waals surface area contributed by atoms with Crippen LogP contribution in [0.5, 0.6) is 0 Å². The van der Waals surface area contributed by atoms with Crippen molar-refractivity contribution in [2.45, 2.75) is 26.7 Å². The molecule has 1 aromatic heterocycles. The Kier molecular flexibility index (Phi) is 6.64. The van der Waals surface area contributed by atoms with Crippen LogP contribution < -0.4 is 0 Å². The fourth-order valence-electron chi connectivity index (χ4n) is 3.08. The quantitative estimate of drug-likeness (QED) is 0.721. The molecule has 150 valence electrons. The third kappa shape index (κ3) is 4.87. The number of piperazine rings is 1. The summed E-state index contributed by atoms with van der Waals surface area (Å²) in [4.78, 5) is 19.7. The van der Waals surface area contributed by atoms with Gasteiger partial charge in [-0.3, -0.25) is 4.79 Å². The molecule has 1 amide bonds. The maximum atomic E-state index is 12.8. The van der Waals surface area contributed by atoms with Crippen molar-refractivity contribution in [3.8, 4) is 0 Å². The number of rotatable bonds is 6. The van der Waals surface area contributed by atoms with E-state index in [9.17, 15) is 13.2 Å². The molecule has 0 saturated carbocycles. The molecule has 2 heterocycles. The first kappa shape index (κ1) is 20.7. The predicted octanol–water partition coefficient (Wildman–Crippen LogP) is 3.16. The minimum absolute atomic E-state index is 0.0470. The van der Waals surface area contributed by atoms with Gasteiger partial charge in [-0.15, -0.1) is 11.3 Å². The second kappa shape index (κ2) is 8.98. The number of thiazole rings is 1. The summed E-state index contributed by atoms with van der Waals surface area (Å²) in [5.41, 5.74) is 1.60. The molecule has 8 heteroatoms. The summed E-state index contributed by atoms with van der Waals surface area (Å²) >= 11 is 1.45. The molecule has 28 heavy (non-hydrogen) atoms. The lowest BCUT2D eigenvalue weighted by Crippen LogP contribution is -2.50. The van der Waals surface area contributed by atoms with E-state index in [0.29, 0.717) is 31.1 Å². The molecule has 0 unspecified atom stereocenters. The zero-order chi connectivity index (χ0) is 20.1. The van der Waals surface area contributed by atoms with Gasteiger partial charge in [0.15, 0.2) is 0 Å². The number of aryl methyl sites for hydroxylation is 2. The standard InChI is InChI=1S/C20H25N3O3S2/c1-3-7-18-21-16(2)19(27-18)20(24)22-11-13-23(14-12-22)28(25,26)15-10-17-8-5-4-6-9-17/h4-6,8-10,15H,3,7,11-14H2,1-2H3/b15-10+. The zero-order valence-electron chi connectivity index (χ0n) is 16.2. The Hall–Kier alpha value is -2.03. The summed E-state index contributed by atoms with van der Waals surface area (Å²) in [6, 6.07) is 9.33. The highest BCUT2D eigenvalue weighted by Crippen LogP contribution is 2.22. The summed E-state index contributed by atoms with van der Waals surface area (Å²) in [6.07, 6.45) is 3.47. The second-order valence-corrected chi connectivity index (χ2v) is 9.62. The molecule has 1 aromatic carbocycles. The first-order valence-corrected chi connectivity index (χ1v) is 11.7. The van der Waals surface area contributed by atoms with E-state index in [-0.39, 0.29) is 5.91 Å². The average molecular weight is 420 g/mol. The number of nitrogens with zero attached hydrogens (tertiary/aromatic N) is 3. The Labute approximate surface area is 170 Å². The molecular weight excluding hydrogens is 394 g/mol. The fraction of sp³-hybridized carbons (Fsp3) is 0.400. The van der Waals surface area contributed by atoms with Gasteiger partial charge in [-0.25, -0.2) is 13.4 Å². The number of carbonyl (C=O) groups is 1. The highest BCUT2D eigenvalue weighted by atomic mass is 32.2. The lowest BCUT2D eigenvalue weighted by atomic mass is 10.2. The molecule has 0 aliphatic carbocycles. The normalized spacial score (nSPS) is 16.0. The lowest BCUT2D eigenvalue weighted by Gasteiger charge is -2.33.